The van der Waals surface area contributed by atoms with E-state index in [9.17, 15) is 14.4 Å². The van der Waals surface area contributed by atoms with E-state index in [1.54, 1.807) is 11.3 Å². The molecule has 0 radical (unpaired) electrons. The zero-order valence-electron chi connectivity index (χ0n) is 12.3. The summed E-state index contributed by atoms with van der Waals surface area (Å²) in [4.78, 5) is 40.3. The van der Waals surface area contributed by atoms with E-state index in [1.807, 2.05) is 6.92 Å². The third-order valence-corrected chi connectivity index (χ3v) is 5.02. The first-order chi connectivity index (χ1) is 10.5. The van der Waals surface area contributed by atoms with Crippen molar-refractivity contribution in [2.75, 3.05) is 6.54 Å². The molecule has 1 aliphatic carbocycles. The number of carbonyl (C=O) groups is 3. The first-order valence-corrected chi connectivity index (χ1v) is 8.19. The maximum Gasteiger partial charge on any atom is 0.322 e. The number of fused-ring (bicyclic) bond motifs is 1. The Kier molecular flexibility index (Phi) is 4.10. The van der Waals surface area contributed by atoms with Gasteiger partial charge in [-0.3, -0.25) is 14.9 Å². The molecule has 0 aromatic carbocycles. The van der Waals surface area contributed by atoms with Gasteiger partial charge in [-0.2, -0.15) is 0 Å². The molecule has 2 atom stereocenters. The van der Waals surface area contributed by atoms with Crippen molar-refractivity contribution in [3.05, 3.63) is 15.6 Å². The van der Waals surface area contributed by atoms with Gasteiger partial charge in [0.1, 0.15) is 6.04 Å². The van der Waals surface area contributed by atoms with Gasteiger partial charge >= 0.3 is 6.03 Å². The van der Waals surface area contributed by atoms with Crippen molar-refractivity contribution in [1.82, 2.24) is 20.9 Å². The van der Waals surface area contributed by atoms with Gasteiger partial charge in [-0.15, -0.1) is 11.3 Å². The van der Waals surface area contributed by atoms with E-state index in [0.29, 0.717) is 6.54 Å². The summed E-state index contributed by atoms with van der Waals surface area (Å²) in [6.07, 6.45) is 3.15. The van der Waals surface area contributed by atoms with Crippen LogP contribution in [-0.4, -0.2) is 35.4 Å². The predicted octanol–water partition coefficient (Wildman–Crippen LogP) is 0.586. The lowest BCUT2D eigenvalue weighted by Crippen LogP contribution is -2.37. The van der Waals surface area contributed by atoms with Crippen LogP contribution in [0, 0.1) is 6.92 Å². The topological polar surface area (TPSA) is 100 Å². The second-order valence-electron chi connectivity index (χ2n) is 5.65. The number of imide groups is 1. The number of carbonyl (C=O) groups excluding carboxylic acids is 3. The van der Waals surface area contributed by atoms with Crippen molar-refractivity contribution in [3.63, 3.8) is 0 Å². The Bertz CT molecular complexity index is 628. The maximum atomic E-state index is 12.0. The predicted molar refractivity (Wildman–Crippen MR) is 80.6 cm³/mol. The van der Waals surface area contributed by atoms with E-state index in [2.05, 4.69) is 20.9 Å². The summed E-state index contributed by atoms with van der Waals surface area (Å²) in [7, 11) is 0. The molecular weight excluding hydrogens is 304 g/mol. The summed E-state index contributed by atoms with van der Waals surface area (Å²) in [5.41, 5.74) is 1.11. The van der Waals surface area contributed by atoms with Gasteiger partial charge in [0, 0.05) is 17.3 Å². The number of amides is 4. The first kappa shape index (κ1) is 15.0. The first-order valence-electron chi connectivity index (χ1n) is 7.37. The molecular formula is C14H18N4O3S. The Morgan fingerprint density at radius 3 is 3.00 bits per heavy atom. The second-order valence-corrected chi connectivity index (χ2v) is 6.94. The molecule has 7 nitrogen and oxygen atoms in total. The van der Waals surface area contributed by atoms with Gasteiger partial charge in [-0.05, 0) is 26.2 Å². The van der Waals surface area contributed by atoms with Crippen LogP contribution in [-0.2, 0) is 16.0 Å². The minimum Gasteiger partial charge on any atom is -0.355 e. The number of thiazole rings is 1. The molecule has 0 spiro atoms. The number of rotatable bonds is 4. The fourth-order valence-corrected chi connectivity index (χ4v) is 3.99. The van der Waals surface area contributed by atoms with Crippen molar-refractivity contribution in [2.24, 2.45) is 0 Å². The molecule has 22 heavy (non-hydrogen) atoms. The molecule has 1 aromatic rings. The van der Waals surface area contributed by atoms with E-state index in [4.69, 9.17) is 0 Å². The molecule has 0 bridgehead atoms. The third-order valence-electron chi connectivity index (χ3n) is 3.97. The van der Waals surface area contributed by atoms with Crippen molar-refractivity contribution < 1.29 is 14.4 Å². The van der Waals surface area contributed by atoms with Gasteiger partial charge in [0.25, 0.3) is 5.91 Å². The Labute approximate surface area is 131 Å². The van der Waals surface area contributed by atoms with Crippen LogP contribution in [0.15, 0.2) is 0 Å². The van der Waals surface area contributed by atoms with E-state index in [1.165, 1.54) is 4.88 Å². The van der Waals surface area contributed by atoms with Crippen molar-refractivity contribution >= 4 is 29.2 Å². The van der Waals surface area contributed by atoms with Crippen LogP contribution < -0.4 is 16.0 Å². The molecule has 118 valence electrons. The van der Waals surface area contributed by atoms with E-state index >= 15 is 0 Å². The third kappa shape index (κ3) is 3.11. The van der Waals surface area contributed by atoms with Crippen LogP contribution in [0.2, 0.25) is 0 Å². The lowest BCUT2D eigenvalue weighted by Gasteiger charge is -2.21. The minimum absolute atomic E-state index is 0.0345. The molecule has 0 unspecified atom stereocenters. The molecule has 3 rings (SSSR count). The van der Waals surface area contributed by atoms with Gasteiger partial charge in [0.2, 0.25) is 5.91 Å². The van der Waals surface area contributed by atoms with E-state index in [-0.39, 0.29) is 18.2 Å². The van der Waals surface area contributed by atoms with Crippen molar-refractivity contribution in [3.8, 4) is 0 Å². The Morgan fingerprint density at radius 1 is 1.45 bits per heavy atom. The number of nitrogens with one attached hydrogen (secondary N) is 3. The standard InChI is InChI=1S/C14H18N4O3S/c1-7-16-12-8(3-2-4-10(12)22-7)6-15-11(19)5-9-13(20)18-14(21)17-9/h8-9H,2-6H2,1H3,(H,15,19)(H2,17,18,20,21)/t8-,9+/m1/s1. The normalized spacial score (nSPS) is 23.7. The summed E-state index contributed by atoms with van der Waals surface area (Å²) in [6.45, 7) is 2.53. The number of aromatic nitrogens is 1. The molecule has 2 heterocycles. The van der Waals surface area contributed by atoms with Crippen LogP contribution in [0.4, 0.5) is 4.79 Å². The molecule has 0 saturated carbocycles. The fraction of sp³-hybridized carbons (Fsp3) is 0.571. The quantitative estimate of drug-likeness (QED) is 0.706. The minimum atomic E-state index is -0.768. The monoisotopic (exact) mass is 322 g/mol. The van der Waals surface area contributed by atoms with Gasteiger partial charge in [-0.25, -0.2) is 9.78 Å². The number of hydrogen-bond donors (Lipinski definition) is 3. The molecule has 2 aliphatic rings. The number of nitrogens with zero attached hydrogens (tertiary/aromatic N) is 1. The Morgan fingerprint density at radius 2 is 2.27 bits per heavy atom. The zero-order valence-corrected chi connectivity index (χ0v) is 13.1. The van der Waals surface area contributed by atoms with E-state index in [0.717, 1.165) is 30.0 Å². The zero-order chi connectivity index (χ0) is 15.7. The van der Waals surface area contributed by atoms with Gasteiger partial charge in [0.15, 0.2) is 0 Å². The molecule has 3 N–H and O–H groups in total. The average molecular weight is 322 g/mol. The molecule has 1 aromatic heterocycles. The fourth-order valence-electron chi connectivity index (χ4n) is 2.93. The molecule has 4 amide bonds. The number of hydrogen-bond acceptors (Lipinski definition) is 5. The smallest absolute Gasteiger partial charge is 0.322 e. The highest BCUT2D eigenvalue weighted by atomic mass is 32.1. The molecule has 8 heteroatoms. The second kappa shape index (κ2) is 6.04. The summed E-state index contributed by atoms with van der Waals surface area (Å²) >= 11 is 1.73. The molecule has 1 fully saturated rings. The largest absolute Gasteiger partial charge is 0.355 e. The Hall–Kier alpha value is -1.96. The van der Waals surface area contributed by atoms with Crippen LogP contribution in [0.1, 0.15) is 40.8 Å². The highest BCUT2D eigenvalue weighted by Crippen LogP contribution is 2.34. The molecule has 1 saturated heterocycles. The van der Waals surface area contributed by atoms with Gasteiger partial charge < -0.3 is 10.6 Å². The maximum absolute atomic E-state index is 12.0. The van der Waals surface area contributed by atoms with Gasteiger partial charge in [0.05, 0.1) is 17.1 Å². The van der Waals surface area contributed by atoms with E-state index < -0.39 is 18.0 Å². The Balaban J connectivity index is 1.54. The van der Waals surface area contributed by atoms with Crippen molar-refractivity contribution in [1.29, 1.82) is 0 Å². The van der Waals surface area contributed by atoms with Crippen LogP contribution in [0.5, 0.6) is 0 Å². The average Bonchev–Trinajstić information content (AvgIpc) is 2.98. The van der Waals surface area contributed by atoms with Crippen LogP contribution >= 0.6 is 11.3 Å². The number of aryl methyl sites for hydroxylation is 2. The summed E-state index contributed by atoms with van der Waals surface area (Å²) in [5, 5.41) is 8.46. The lowest BCUT2D eigenvalue weighted by molar-refractivity contribution is -0.126. The molecule has 1 aliphatic heterocycles. The van der Waals surface area contributed by atoms with Crippen molar-refractivity contribution in [2.45, 2.75) is 44.6 Å². The van der Waals surface area contributed by atoms with Crippen LogP contribution in [0.3, 0.4) is 0 Å². The highest BCUT2D eigenvalue weighted by Gasteiger charge is 2.31. The SMILES string of the molecule is Cc1nc2c(s1)CCC[C@@H]2CNC(=O)C[C@@H]1NC(=O)NC1=O. The summed E-state index contributed by atoms with van der Waals surface area (Å²) < 4.78 is 0. The summed E-state index contributed by atoms with van der Waals surface area (Å²) in [6, 6.07) is -1.31. The highest BCUT2D eigenvalue weighted by molar-refractivity contribution is 7.11. The number of urea groups is 1. The van der Waals surface area contributed by atoms with Gasteiger partial charge in [-0.1, -0.05) is 0 Å². The van der Waals surface area contributed by atoms with Crippen LogP contribution in [0.25, 0.3) is 0 Å². The summed E-state index contributed by atoms with van der Waals surface area (Å²) in [5.74, 6) is -0.443. The lowest BCUT2D eigenvalue weighted by atomic mass is 9.91.